The van der Waals surface area contributed by atoms with Gasteiger partial charge in [0.15, 0.2) is 0 Å². The van der Waals surface area contributed by atoms with Gasteiger partial charge in [0, 0.05) is 39.3 Å². The smallest absolute Gasteiger partial charge is 0.317 e. The van der Waals surface area contributed by atoms with Crippen molar-refractivity contribution in [2.45, 2.75) is 45.6 Å². The maximum atomic E-state index is 12.3. The first kappa shape index (κ1) is 18.0. The first-order valence-corrected chi connectivity index (χ1v) is 9.69. The summed E-state index contributed by atoms with van der Waals surface area (Å²) < 4.78 is 0. The van der Waals surface area contributed by atoms with E-state index < -0.39 is 0 Å². The van der Waals surface area contributed by atoms with Crippen LogP contribution < -0.4 is 5.32 Å². The van der Waals surface area contributed by atoms with Crippen molar-refractivity contribution in [3.63, 3.8) is 0 Å². The lowest BCUT2D eigenvalue weighted by molar-refractivity contribution is 0.135. The summed E-state index contributed by atoms with van der Waals surface area (Å²) in [4.78, 5) is 16.7. The molecule has 136 valence electrons. The van der Waals surface area contributed by atoms with Gasteiger partial charge in [-0.2, -0.15) is 0 Å². The van der Waals surface area contributed by atoms with Crippen LogP contribution in [0.15, 0.2) is 35.9 Å². The van der Waals surface area contributed by atoms with E-state index in [1.165, 1.54) is 42.4 Å². The van der Waals surface area contributed by atoms with Crippen molar-refractivity contribution in [2.75, 3.05) is 32.7 Å². The maximum absolute atomic E-state index is 12.3. The molecule has 0 bridgehead atoms. The molecular formula is C21H31N3O. The number of rotatable bonds is 5. The number of hydrogen-bond acceptors (Lipinski definition) is 2. The van der Waals surface area contributed by atoms with Crippen LogP contribution in [0.5, 0.6) is 0 Å². The van der Waals surface area contributed by atoms with Gasteiger partial charge in [-0.3, -0.25) is 4.90 Å². The van der Waals surface area contributed by atoms with Crippen LogP contribution in [0.4, 0.5) is 4.79 Å². The highest BCUT2D eigenvalue weighted by Crippen LogP contribution is 2.19. The van der Waals surface area contributed by atoms with E-state index in [2.05, 4.69) is 47.5 Å². The fraction of sp³-hybridized carbons (Fsp3) is 0.571. The molecule has 4 nitrogen and oxygen atoms in total. The molecule has 2 amide bonds. The minimum absolute atomic E-state index is 0.103. The molecule has 1 saturated heterocycles. The fourth-order valence-corrected chi connectivity index (χ4v) is 3.75. The summed E-state index contributed by atoms with van der Waals surface area (Å²) in [6.45, 7) is 7.42. The third-order valence-corrected chi connectivity index (χ3v) is 5.26. The molecule has 1 N–H and O–H groups in total. The summed E-state index contributed by atoms with van der Waals surface area (Å²) in [5.41, 5.74) is 4.19. The van der Waals surface area contributed by atoms with Gasteiger partial charge in [0.1, 0.15) is 0 Å². The molecule has 1 aliphatic heterocycles. The van der Waals surface area contributed by atoms with Gasteiger partial charge < -0.3 is 10.2 Å². The molecule has 1 aromatic carbocycles. The van der Waals surface area contributed by atoms with Gasteiger partial charge in [-0.1, -0.05) is 41.5 Å². The van der Waals surface area contributed by atoms with Gasteiger partial charge in [-0.15, -0.1) is 0 Å². The van der Waals surface area contributed by atoms with E-state index in [0.717, 1.165) is 45.7 Å². The predicted molar refractivity (Wildman–Crippen MR) is 103 cm³/mol. The lowest BCUT2D eigenvalue weighted by Gasteiger charge is -2.34. The molecule has 4 heteroatoms. The van der Waals surface area contributed by atoms with Crippen molar-refractivity contribution in [2.24, 2.45) is 0 Å². The van der Waals surface area contributed by atoms with E-state index in [9.17, 15) is 4.79 Å². The largest absolute Gasteiger partial charge is 0.338 e. The second-order valence-electron chi connectivity index (χ2n) is 7.34. The molecule has 3 rings (SSSR count). The van der Waals surface area contributed by atoms with Gasteiger partial charge in [-0.25, -0.2) is 4.79 Å². The van der Waals surface area contributed by atoms with E-state index in [1.54, 1.807) is 0 Å². The van der Waals surface area contributed by atoms with E-state index >= 15 is 0 Å². The Morgan fingerprint density at radius 1 is 1.16 bits per heavy atom. The highest BCUT2D eigenvalue weighted by Gasteiger charge is 2.20. The molecule has 0 radical (unpaired) electrons. The minimum Gasteiger partial charge on any atom is -0.338 e. The first-order valence-electron chi connectivity index (χ1n) is 9.69. The van der Waals surface area contributed by atoms with Crippen LogP contribution in [0.2, 0.25) is 0 Å². The zero-order chi connectivity index (χ0) is 17.5. The number of amides is 2. The Bertz CT molecular complexity index is 603. The van der Waals surface area contributed by atoms with Gasteiger partial charge >= 0.3 is 6.03 Å². The third kappa shape index (κ3) is 5.60. The third-order valence-electron chi connectivity index (χ3n) is 5.26. The first-order chi connectivity index (χ1) is 12.2. The lowest BCUT2D eigenvalue weighted by Crippen LogP contribution is -2.51. The van der Waals surface area contributed by atoms with Crippen LogP contribution >= 0.6 is 0 Å². The Balaban J connectivity index is 1.36. The van der Waals surface area contributed by atoms with Crippen molar-refractivity contribution in [3.8, 4) is 0 Å². The van der Waals surface area contributed by atoms with E-state index in [1.807, 2.05) is 4.90 Å². The molecule has 0 saturated carbocycles. The van der Waals surface area contributed by atoms with Crippen molar-refractivity contribution in [1.82, 2.24) is 15.1 Å². The molecule has 1 aromatic rings. The molecule has 25 heavy (non-hydrogen) atoms. The molecule has 1 heterocycles. The van der Waals surface area contributed by atoms with Crippen molar-refractivity contribution in [3.05, 3.63) is 47.0 Å². The summed E-state index contributed by atoms with van der Waals surface area (Å²) in [5, 5.41) is 3.10. The highest BCUT2D eigenvalue weighted by atomic mass is 16.2. The summed E-state index contributed by atoms with van der Waals surface area (Å²) in [7, 11) is 0. The Labute approximate surface area is 151 Å². The average Bonchev–Trinajstić information content (AvgIpc) is 2.63. The predicted octanol–water partition coefficient (Wildman–Crippen LogP) is 3.71. The second kappa shape index (κ2) is 9.04. The van der Waals surface area contributed by atoms with Gasteiger partial charge in [0.25, 0.3) is 0 Å². The highest BCUT2D eigenvalue weighted by molar-refractivity contribution is 5.74. The topological polar surface area (TPSA) is 35.6 Å². The number of allylic oxidation sites excluding steroid dienone is 1. The summed E-state index contributed by atoms with van der Waals surface area (Å²) in [6.07, 6.45) is 8.43. The fourth-order valence-electron chi connectivity index (χ4n) is 3.75. The number of carbonyl (C=O) groups is 1. The van der Waals surface area contributed by atoms with Crippen molar-refractivity contribution < 1.29 is 4.79 Å². The Morgan fingerprint density at radius 2 is 2.00 bits per heavy atom. The standard InChI is InChI=1S/C21H31N3O/c1-18-6-5-9-20(16-18)17-23-12-14-24(15-13-23)21(25)22-11-10-19-7-3-2-4-8-19/h5-7,9,16H,2-4,8,10-15,17H2,1H3,(H,22,25). The number of nitrogens with one attached hydrogen (secondary N) is 1. The van der Waals surface area contributed by atoms with Gasteiger partial charge in [0.05, 0.1) is 0 Å². The zero-order valence-electron chi connectivity index (χ0n) is 15.5. The number of hydrogen-bond donors (Lipinski definition) is 1. The van der Waals surface area contributed by atoms with Gasteiger partial charge in [0.2, 0.25) is 0 Å². The Morgan fingerprint density at radius 3 is 2.72 bits per heavy atom. The quantitative estimate of drug-likeness (QED) is 0.829. The summed E-state index contributed by atoms with van der Waals surface area (Å²) >= 11 is 0. The number of aryl methyl sites for hydroxylation is 1. The van der Waals surface area contributed by atoms with Crippen molar-refractivity contribution in [1.29, 1.82) is 0 Å². The van der Waals surface area contributed by atoms with E-state index in [4.69, 9.17) is 0 Å². The molecule has 1 aliphatic carbocycles. The van der Waals surface area contributed by atoms with Crippen LogP contribution in [-0.4, -0.2) is 48.6 Å². The second-order valence-corrected chi connectivity index (χ2v) is 7.34. The molecule has 0 atom stereocenters. The summed E-state index contributed by atoms with van der Waals surface area (Å²) in [6, 6.07) is 8.79. The molecule has 2 aliphatic rings. The van der Waals surface area contributed by atoms with Gasteiger partial charge in [-0.05, 0) is 44.6 Å². The SMILES string of the molecule is Cc1cccc(CN2CCN(C(=O)NCCC3=CCCCC3)CC2)c1. The normalized spacial score (nSPS) is 18.8. The maximum Gasteiger partial charge on any atom is 0.317 e. The summed E-state index contributed by atoms with van der Waals surface area (Å²) in [5.74, 6) is 0. The molecule has 0 unspecified atom stereocenters. The molecule has 0 aromatic heterocycles. The monoisotopic (exact) mass is 341 g/mol. The number of benzene rings is 1. The van der Waals surface area contributed by atoms with Crippen molar-refractivity contribution >= 4 is 6.03 Å². The Kier molecular flexibility index (Phi) is 6.51. The van der Waals surface area contributed by atoms with Crippen LogP contribution in [0.3, 0.4) is 0 Å². The van der Waals surface area contributed by atoms with Crippen LogP contribution in [0, 0.1) is 6.92 Å². The molecular weight excluding hydrogens is 310 g/mol. The Hall–Kier alpha value is -1.81. The molecule has 1 fully saturated rings. The van der Waals surface area contributed by atoms with Crippen LogP contribution in [0.1, 0.15) is 43.2 Å². The molecule has 0 spiro atoms. The average molecular weight is 341 g/mol. The zero-order valence-corrected chi connectivity index (χ0v) is 15.5. The minimum atomic E-state index is 0.103. The number of carbonyl (C=O) groups excluding carboxylic acids is 1. The number of urea groups is 1. The van der Waals surface area contributed by atoms with Crippen LogP contribution in [0.25, 0.3) is 0 Å². The lowest BCUT2D eigenvalue weighted by atomic mass is 9.97. The van der Waals surface area contributed by atoms with Crippen LogP contribution in [-0.2, 0) is 6.54 Å². The van der Waals surface area contributed by atoms with E-state index in [-0.39, 0.29) is 6.03 Å². The number of piperazine rings is 1. The van der Waals surface area contributed by atoms with E-state index in [0.29, 0.717) is 0 Å². The number of nitrogens with zero attached hydrogens (tertiary/aromatic N) is 2.